The quantitative estimate of drug-likeness (QED) is 0.631. The van der Waals surface area contributed by atoms with Gasteiger partial charge in [0.15, 0.2) is 5.41 Å². The van der Waals surface area contributed by atoms with Crippen molar-refractivity contribution in [3.63, 3.8) is 0 Å². The number of nitrogens with zero attached hydrogens (tertiary/aromatic N) is 2. The van der Waals surface area contributed by atoms with E-state index in [1.54, 1.807) is 0 Å². The molecule has 0 saturated heterocycles. The fraction of sp³-hybridized carbons (Fsp3) is 0.421. The van der Waals surface area contributed by atoms with E-state index < -0.39 is 17.4 Å². The minimum Gasteiger partial charge on any atom is -0.468 e. The molecule has 0 aromatic carbocycles. The molecule has 0 N–H and O–H groups in total. The molecule has 0 atom stereocenters. The lowest BCUT2D eigenvalue weighted by molar-refractivity contribution is -0.168. The Hall–Kier alpha value is -2.63. The zero-order valence-corrected chi connectivity index (χ0v) is 15.2. The molecule has 0 bridgehead atoms. The van der Waals surface area contributed by atoms with Crippen LogP contribution in [0.3, 0.4) is 0 Å². The number of aromatic nitrogens is 2. The van der Waals surface area contributed by atoms with Crippen LogP contribution in [0.2, 0.25) is 0 Å². The molecule has 6 heteroatoms. The van der Waals surface area contributed by atoms with Gasteiger partial charge in [0.25, 0.3) is 0 Å². The Morgan fingerprint density at radius 2 is 1.72 bits per heavy atom. The van der Waals surface area contributed by atoms with E-state index in [1.807, 2.05) is 43.8 Å². The smallest absolute Gasteiger partial charge is 0.323 e. The number of carbonyl (C=O) groups is 2. The van der Waals surface area contributed by atoms with Crippen molar-refractivity contribution >= 4 is 11.9 Å². The molecule has 1 aliphatic carbocycles. The first-order valence-corrected chi connectivity index (χ1v) is 8.13. The number of esters is 2. The Morgan fingerprint density at radius 1 is 1.12 bits per heavy atom. The van der Waals surface area contributed by atoms with Gasteiger partial charge in [-0.2, -0.15) is 0 Å². The predicted octanol–water partition coefficient (Wildman–Crippen LogP) is 2.13. The maximum absolute atomic E-state index is 12.4. The highest BCUT2D eigenvalue weighted by Crippen LogP contribution is 2.43. The lowest BCUT2D eigenvalue weighted by Crippen LogP contribution is -2.42. The summed E-state index contributed by atoms with van der Waals surface area (Å²) in [6.45, 7) is 3.90. The van der Waals surface area contributed by atoms with Crippen LogP contribution >= 0.6 is 0 Å². The molecule has 0 fully saturated rings. The number of methoxy groups -OCH3 is 2. The summed E-state index contributed by atoms with van der Waals surface area (Å²) in [7, 11) is 4.55. The third-order valence-electron chi connectivity index (χ3n) is 5.18. The molecule has 132 valence electrons. The molecular weight excluding hydrogens is 320 g/mol. The molecule has 0 amide bonds. The molecule has 2 heterocycles. The summed E-state index contributed by atoms with van der Waals surface area (Å²) < 4.78 is 11.9. The molecule has 3 rings (SSSR count). The lowest BCUT2D eigenvalue weighted by atomic mass is 9.84. The summed E-state index contributed by atoms with van der Waals surface area (Å²) in [5, 5.41) is 0. The van der Waals surface area contributed by atoms with Crippen LogP contribution < -0.4 is 0 Å². The van der Waals surface area contributed by atoms with Crippen molar-refractivity contribution in [2.75, 3.05) is 14.2 Å². The summed E-state index contributed by atoms with van der Waals surface area (Å²) in [5.41, 5.74) is 4.27. The number of fused-ring (bicyclic) bond motifs is 1. The van der Waals surface area contributed by atoms with Gasteiger partial charge in [0.05, 0.1) is 25.6 Å². The molecular formula is C19H22N2O4. The summed E-state index contributed by atoms with van der Waals surface area (Å²) in [5.74, 6) is -1.12. The predicted molar refractivity (Wildman–Crippen MR) is 92.0 cm³/mol. The van der Waals surface area contributed by atoms with Gasteiger partial charge in [0.1, 0.15) is 0 Å². The molecule has 0 unspecified atom stereocenters. The number of carbonyl (C=O) groups excluding carboxylic acids is 2. The lowest BCUT2D eigenvalue weighted by Gasteiger charge is -2.22. The van der Waals surface area contributed by atoms with Gasteiger partial charge in [-0.3, -0.25) is 14.6 Å². The largest absolute Gasteiger partial charge is 0.468 e. The Morgan fingerprint density at radius 3 is 2.24 bits per heavy atom. The number of aryl methyl sites for hydroxylation is 2. The summed E-state index contributed by atoms with van der Waals surface area (Å²) in [6, 6.07) is 3.97. The standard InChI is InChI=1S/C19H22N2O4/c1-11-13-9-19(17(22)24-4,18(23)25-5)10-14(13)12(2)20-16(11)15-7-6-8-21(15)3/h6-8H,9-10H2,1-5H3. The number of rotatable bonds is 3. The third-order valence-corrected chi connectivity index (χ3v) is 5.18. The first-order valence-electron chi connectivity index (χ1n) is 8.13. The average Bonchev–Trinajstić information content (AvgIpc) is 3.22. The maximum atomic E-state index is 12.4. The van der Waals surface area contributed by atoms with E-state index in [0.717, 1.165) is 33.8 Å². The van der Waals surface area contributed by atoms with Crippen molar-refractivity contribution in [3.8, 4) is 11.4 Å². The molecule has 0 radical (unpaired) electrons. The van der Waals surface area contributed by atoms with E-state index in [1.165, 1.54) is 14.2 Å². The Labute approximate surface area is 146 Å². The van der Waals surface area contributed by atoms with Gasteiger partial charge in [-0.1, -0.05) is 0 Å². The molecule has 0 spiro atoms. The zero-order valence-electron chi connectivity index (χ0n) is 15.2. The van der Waals surface area contributed by atoms with Crippen LogP contribution in [-0.4, -0.2) is 35.7 Å². The second-order valence-electron chi connectivity index (χ2n) is 6.55. The molecule has 2 aromatic rings. The van der Waals surface area contributed by atoms with Crippen molar-refractivity contribution < 1.29 is 19.1 Å². The van der Waals surface area contributed by atoms with Gasteiger partial charge in [0.2, 0.25) is 0 Å². The van der Waals surface area contributed by atoms with Crippen LogP contribution in [-0.2, 0) is 39.0 Å². The maximum Gasteiger partial charge on any atom is 0.323 e. The van der Waals surface area contributed by atoms with E-state index in [4.69, 9.17) is 14.5 Å². The number of ether oxygens (including phenoxy) is 2. The van der Waals surface area contributed by atoms with Gasteiger partial charge >= 0.3 is 11.9 Å². The molecule has 25 heavy (non-hydrogen) atoms. The Balaban J connectivity index is 2.17. The molecule has 2 aromatic heterocycles. The van der Waals surface area contributed by atoms with Crippen molar-refractivity contribution in [1.82, 2.24) is 9.55 Å². The first-order chi connectivity index (χ1) is 11.9. The van der Waals surface area contributed by atoms with E-state index in [2.05, 4.69) is 0 Å². The van der Waals surface area contributed by atoms with Gasteiger partial charge < -0.3 is 14.0 Å². The normalized spacial score (nSPS) is 14.9. The average molecular weight is 342 g/mol. The van der Waals surface area contributed by atoms with Crippen LogP contribution in [0.25, 0.3) is 11.4 Å². The molecule has 0 aliphatic heterocycles. The number of hydrogen-bond donors (Lipinski definition) is 0. The van der Waals surface area contributed by atoms with E-state index in [-0.39, 0.29) is 12.8 Å². The fourth-order valence-electron chi connectivity index (χ4n) is 3.77. The zero-order chi connectivity index (χ0) is 18.4. The minimum absolute atomic E-state index is 0.259. The highest BCUT2D eigenvalue weighted by Gasteiger charge is 2.53. The highest BCUT2D eigenvalue weighted by molar-refractivity contribution is 6.01. The minimum atomic E-state index is -1.32. The van der Waals surface area contributed by atoms with E-state index >= 15 is 0 Å². The monoisotopic (exact) mass is 342 g/mol. The van der Waals surface area contributed by atoms with Crippen molar-refractivity contribution in [2.24, 2.45) is 12.5 Å². The summed E-state index contributed by atoms with van der Waals surface area (Å²) >= 11 is 0. The van der Waals surface area contributed by atoms with Crippen molar-refractivity contribution in [2.45, 2.75) is 26.7 Å². The number of pyridine rings is 1. The summed E-state index contributed by atoms with van der Waals surface area (Å²) in [6.07, 6.45) is 2.50. The van der Waals surface area contributed by atoms with Crippen LogP contribution in [0, 0.1) is 19.3 Å². The molecule has 6 nitrogen and oxygen atoms in total. The third kappa shape index (κ3) is 2.44. The van der Waals surface area contributed by atoms with Crippen molar-refractivity contribution in [1.29, 1.82) is 0 Å². The van der Waals surface area contributed by atoms with Gasteiger partial charge in [-0.15, -0.1) is 0 Å². The van der Waals surface area contributed by atoms with Gasteiger partial charge in [0, 0.05) is 31.8 Å². The SMILES string of the molecule is COC(=O)C1(C(=O)OC)Cc2c(C)nc(-c3cccn3C)c(C)c2C1. The highest BCUT2D eigenvalue weighted by atomic mass is 16.5. The first kappa shape index (κ1) is 17.2. The van der Waals surface area contributed by atoms with Crippen LogP contribution in [0.15, 0.2) is 18.3 Å². The van der Waals surface area contributed by atoms with E-state index in [0.29, 0.717) is 0 Å². The van der Waals surface area contributed by atoms with Crippen LogP contribution in [0.5, 0.6) is 0 Å². The van der Waals surface area contributed by atoms with Gasteiger partial charge in [-0.05, 0) is 42.7 Å². The fourth-order valence-corrected chi connectivity index (χ4v) is 3.77. The van der Waals surface area contributed by atoms with Crippen molar-refractivity contribution in [3.05, 3.63) is 40.7 Å². The summed E-state index contributed by atoms with van der Waals surface area (Å²) in [4.78, 5) is 29.7. The topological polar surface area (TPSA) is 70.4 Å². The molecule has 1 aliphatic rings. The van der Waals surface area contributed by atoms with Crippen LogP contribution in [0.4, 0.5) is 0 Å². The Kier molecular flexibility index (Phi) is 4.14. The molecule has 0 saturated carbocycles. The second-order valence-corrected chi connectivity index (χ2v) is 6.55. The van der Waals surface area contributed by atoms with Crippen LogP contribution in [0.1, 0.15) is 22.4 Å². The van der Waals surface area contributed by atoms with Gasteiger partial charge in [-0.25, -0.2) is 0 Å². The Bertz CT molecular complexity index is 851. The van der Waals surface area contributed by atoms with E-state index in [9.17, 15) is 9.59 Å². The number of hydrogen-bond acceptors (Lipinski definition) is 5. The second kappa shape index (κ2) is 6.02.